The van der Waals surface area contributed by atoms with Crippen molar-refractivity contribution in [3.05, 3.63) is 11.6 Å². The number of amides is 2. The fourth-order valence-corrected chi connectivity index (χ4v) is 2.88. The van der Waals surface area contributed by atoms with E-state index in [-0.39, 0.29) is 12.1 Å². The zero-order valence-electron chi connectivity index (χ0n) is 11.5. The van der Waals surface area contributed by atoms with Gasteiger partial charge in [-0.1, -0.05) is 0 Å². The maximum atomic E-state index is 12.2. The molecule has 104 valence electrons. The van der Waals surface area contributed by atoms with E-state index in [1.807, 2.05) is 4.90 Å². The Morgan fingerprint density at radius 1 is 1.37 bits per heavy atom. The number of urea groups is 1. The summed E-state index contributed by atoms with van der Waals surface area (Å²) in [4.78, 5) is 15.7. The fraction of sp³-hybridized carbons (Fsp3) is 0.750. The van der Waals surface area contributed by atoms with Crippen molar-refractivity contribution in [1.29, 1.82) is 0 Å². The van der Waals surface area contributed by atoms with E-state index in [0.717, 1.165) is 50.7 Å². The summed E-state index contributed by atoms with van der Waals surface area (Å²) in [5, 5.41) is 11.9. The quantitative estimate of drug-likeness (QED) is 0.787. The van der Waals surface area contributed by atoms with Crippen molar-refractivity contribution in [1.82, 2.24) is 29.9 Å². The summed E-state index contributed by atoms with van der Waals surface area (Å²) in [7, 11) is 3.59. The molecule has 0 bridgehead atoms. The Hall–Kier alpha value is -1.63. The Bertz CT molecular complexity index is 483. The summed E-state index contributed by atoms with van der Waals surface area (Å²) < 4.78 is 2.17. The van der Waals surface area contributed by atoms with E-state index in [0.29, 0.717) is 0 Å². The highest BCUT2D eigenvalue weighted by Gasteiger charge is 2.35. The molecule has 19 heavy (non-hydrogen) atoms. The standard InChI is InChI=1S/C12H20N6O/c1-16(2)12(19)17-6-3-4-9(17)11-15-14-10-8-13-5-7-18(10)11/h9,13H,3-8H2,1-2H3. The SMILES string of the molecule is CN(C)C(=O)N1CCCC1c1nnc2n1CCNC2. The first-order chi connectivity index (χ1) is 9.18. The van der Waals surface area contributed by atoms with E-state index >= 15 is 0 Å². The molecule has 1 unspecified atom stereocenters. The Morgan fingerprint density at radius 2 is 2.21 bits per heavy atom. The monoisotopic (exact) mass is 264 g/mol. The normalized spacial score (nSPS) is 22.4. The minimum atomic E-state index is 0.0637. The molecule has 7 heteroatoms. The van der Waals surface area contributed by atoms with Crippen molar-refractivity contribution in [3.63, 3.8) is 0 Å². The summed E-state index contributed by atoms with van der Waals surface area (Å²) >= 11 is 0. The molecule has 0 spiro atoms. The number of fused-ring (bicyclic) bond motifs is 1. The minimum Gasteiger partial charge on any atom is -0.331 e. The van der Waals surface area contributed by atoms with Crippen molar-refractivity contribution in [3.8, 4) is 0 Å². The molecule has 1 fully saturated rings. The van der Waals surface area contributed by atoms with Gasteiger partial charge < -0.3 is 19.7 Å². The highest BCUT2D eigenvalue weighted by Crippen LogP contribution is 2.32. The smallest absolute Gasteiger partial charge is 0.320 e. The van der Waals surface area contributed by atoms with Crippen molar-refractivity contribution in [2.45, 2.75) is 32.0 Å². The number of carbonyl (C=O) groups is 1. The van der Waals surface area contributed by atoms with E-state index in [4.69, 9.17) is 0 Å². The fourth-order valence-electron chi connectivity index (χ4n) is 2.88. The minimum absolute atomic E-state index is 0.0637. The van der Waals surface area contributed by atoms with Gasteiger partial charge in [0.1, 0.15) is 5.82 Å². The summed E-state index contributed by atoms with van der Waals surface area (Å²) in [6.45, 7) is 3.40. The van der Waals surface area contributed by atoms with Gasteiger partial charge in [0.15, 0.2) is 5.82 Å². The van der Waals surface area contributed by atoms with Gasteiger partial charge in [0.2, 0.25) is 0 Å². The Labute approximate surface area is 112 Å². The Balaban J connectivity index is 1.88. The van der Waals surface area contributed by atoms with Crippen molar-refractivity contribution in [2.75, 3.05) is 27.2 Å². The molecule has 0 aliphatic carbocycles. The molecule has 1 aromatic heterocycles. The lowest BCUT2D eigenvalue weighted by atomic mass is 10.2. The second-order valence-corrected chi connectivity index (χ2v) is 5.33. The predicted octanol–water partition coefficient (Wildman–Crippen LogP) is 0.200. The van der Waals surface area contributed by atoms with Crippen LogP contribution in [0.2, 0.25) is 0 Å². The van der Waals surface area contributed by atoms with E-state index < -0.39 is 0 Å². The molecule has 1 N–H and O–H groups in total. The first-order valence-corrected chi connectivity index (χ1v) is 6.79. The van der Waals surface area contributed by atoms with Crippen LogP contribution < -0.4 is 5.32 Å². The van der Waals surface area contributed by atoms with Crippen molar-refractivity contribution < 1.29 is 4.79 Å². The predicted molar refractivity (Wildman–Crippen MR) is 69.5 cm³/mol. The summed E-state index contributed by atoms with van der Waals surface area (Å²) in [5.41, 5.74) is 0. The average Bonchev–Trinajstić information content (AvgIpc) is 3.03. The van der Waals surface area contributed by atoms with Gasteiger partial charge in [-0.15, -0.1) is 10.2 Å². The van der Waals surface area contributed by atoms with Gasteiger partial charge in [0.05, 0.1) is 12.6 Å². The molecule has 0 aromatic carbocycles. The average molecular weight is 264 g/mol. The lowest BCUT2D eigenvalue weighted by Gasteiger charge is -2.28. The van der Waals surface area contributed by atoms with Crippen molar-refractivity contribution in [2.24, 2.45) is 0 Å². The number of aromatic nitrogens is 3. The second-order valence-electron chi connectivity index (χ2n) is 5.33. The number of carbonyl (C=O) groups excluding carboxylic acids is 1. The zero-order valence-corrected chi connectivity index (χ0v) is 11.5. The maximum Gasteiger partial charge on any atom is 0.320 e. The molecule has 7 nitrogen and oxygen atoms in total. The van der Waals surface area contributed by atoms with E-state index in [1.54, 1.807) is 19.0 Å². The number of nitrogens with zero attached hydrogens (tertiary/aromatic N) is 5. The van der Waals surface area contributed by atoms with Crippen LogP contribution in [0.1, 0.15) is 30.5 Å². The molecule has 3 heterocycles. The lowest BCUT2D eigenvalue weighted by Crippen LogP contribution is -2.40. The van der Waals surface area contributed by atoms with E-state index in [9.17, 15) is 4.79 Å². The van der Waals surface area contributed by atoms with Crippen LogP contribution in [0.3, 0.4) is 0 Å². The van der Waals surface area contributed by atoms with Gasteiger partial charge in [-0.25, -0.2) is 4.79 Å². The molecule has 1 aromatic rings. The molecular weight excluding hydrogens is 244 g/mol. The topological polar surface area (TPSA) is 66.3 Å². The lowest BCUT2D eigenvalue weighted by molar-refractivity contribution is 0.163. The van der Waals surface area contributed by atoms with Crippen LogP contribution in [0.15, 0.2) is 0 Å². The van der Waals surface area contributed by atoms with Gasteiger partial charge in [0.25, 0.3) is 0 Å². The Morgan fingerprint density at radius 3 is 3.00 bits per heavy atom. The first kappa shape index (κ1) is 12.4. The second kappa shape index (κ2) is 4.80. The maximum absolute atomic E-state index is 12.2. The summed E-state index contributed by atoms with van der Waals surface area (Å²) in [6.07, 6.45) is 2.01. The van der Waals surface area contributed by atoms with Crippen LogP contribution in [-0.2, 0) is 13.1 Å². The van der Waals surface area contributed by atoms with Crippen molar-refractivity contribution >= 4 is 6.03 Å². The zero-order chi connectivity index (χ0) is 13.4. The van der Waals surface area contributed by atoms with Gasteiger partial charge in [-0.2, -0.15) is 0 Å². The third-order valence-electron chi connectivity index (χ3n) is 3.83. The largest absolute Gasteiger partial charge is 0.331 e. The van der Waals surface area contributed by atoms with Gasteiger partial charge in [0, 0.05) is 33.7 Å². The van der Waals surface area contributed by atoms with Crippen LogP contribution in [0.5, 0.6) is 0 Å². The Kier molecular flexibility index (Phi) is 3.14. The first-order valence-electron chi connectivity index (χ1n) is 6.79. The van der Waals surface area contributed by atoms with Crippen LogP contribution in [0, 0.1) is 0 Å². The van der Waals surface area contributed by atoms with Crippen LogP contribution in [-0.4, -0.2) is 57.8 Å². The highest BCUT2D eigenvalue weighted by atomic mass is 16.2. The van der Waals surface area contributed by atoms with Gasteiger partial charge in [-0.05, 0) is 12.8 Å². The summed E-state index contributed by atoms with van der Waals surface area (Å²) in [6, 6.07) is 0.142. The van der Waals surface area contributed by atoms with Crippen LogP contribution in [0.4, 0.5) is 4.79 Å². The van der Waals surface area contributed by atoms with Crippen LogP contribution in [0.25, 0.3) is 0 Å². The number of likely N-dealkylation sites (tertiary alicyclic amines) is 1. The highest BCUT2D eigenvalue weighted by molar-refractivity contribution is 5.74. The molecule has 0 radical (unpaired) electrons. The molecule has 1 atom stereocenters. The molecular formula is C12H20N6O. The molecule has 2 aliphatic rings. The number of hydrogen-bond acceptors (Lipinski definition) is 4. The molecule has 1 saturated heterocycles. The van der Waals surface area contributed by atoms with Crippen LogP contribution >= 0.6 is 0 Å². The molecule has 2 aliphatic heterocycles. The third-order valence-corrected chi connectivity index (χ3v) is 3.83. The molecule has 0 saturated carbocycles. The van der Waals surface area contributed by atoms with Gasteiger partial charge >= 0.3 is 6.03 Å². The molecule has 3 rings (SSSR count). The van der Waals surface area contributed by atoms with E-state index in [1.165, 1.54) is 0 Å². The third kappa shape index (κ3) is 2.07. The van der Waals surface area contributed by atoms with Gasteiger partial charge in [-0.3, -0.25) is 0 Å². The van der Waals surface area contributed by atoms with E-state index in [2.05, 4.69) is 20.1 Å². The number of hydrogen-bond donors (Lipinski definition) is 1. The number of nitrogens with one attached hydrogen (secondary N) is 1. The molecule has 2 amide bonds. The number of rotatable bonds is 1. The summed E-state index contributed by atoms with van der Waals surface area (Å²) in [5.74, 6) is 1.93.